The van der Waals surface area contributed by atoms with E-state index in [-0.39, 0.29) is 0 Å². The molecule has 1 aliphatic carbocycles. The van der Waals surface area contributed by atoms with E-state index in [9.17, 15) is 9.90 Å². The van der Waals surface area contributed by atoms with Gasteiger partial charge in [0.25, 0.3) is 0 Å². The number of aliphatic hydroxyl groups is 1. The Hall–Kier alpha value is -0.610. The Morgan fingerprint density at radius 1 is 1.57 bits per heavy atom. The molecule has 2 unspecified atom stereocenters. The highest BCUT2D eigenvalue weighted by molar-refractivity contribution is 5.75. The number of hydrogen-bond acceptors (Lipinski definition) is 4. The van der Waals surface area contributed by atoms with Crippen LogP contribution in [0.15, 0.2) is 0 Å². The normalized spacial score (nSPS) is 21.9. The van der Waals surface area contributed by atoms with Crippen molar-refractivity contribution < 1.29 is 14.6 Å². The molecule has 0 heterocycles. The van der Waals surface area contributed by atoms with E-state index in [1.165, 1.54) is 20.0 Å². The molecule has 1 saturated carbocycles. The van der Waals surface area contributed by atoms with Gasteiger partial charge in [0.1, 0.15) is 6.04 Å². The van der Waals surface area contributed by atoms with Crippen LogP contribution in [-0.4, -0.2) is 30.3 Å². The molecule has 14 heavy (non-hydrogen) atoms. The molecule has 0 spiro atoms. The summed E-state index contributed by atoms with van der Waals surface area (Å²) in [5.41, 5.74) is 5.56. The lowest BCUT2D eigenvalue weighted by molar-refractivity contribution is -0.143. The molecular weight excluding hydrogens is 182 g/mol. The number of nitrogens with two attached hydrogens (primary N) is 1. The third kappa shape index (κ3) is 2.96. The number of ether oxygens (including phenoxy) is 1. The summed E-state index contributed by atoms with van der Waals surface area (Å²) in [4.78, 5) is 11.0. The average Bonchev–Trinajstić information content (AvgIpc) is 2.69. The van der Waals surface area contributed by atoms with Gasteiger partial charge < -0.3 is 15.6 Å². The first-order chi connectivity index (χ1) is 6.65. The van der Waals surface area contributed by atoms with Crippen LogP contribution in [0.5, 0.6) is 0 Å². The zero-order chi connectivity index (χ0) is 10.6. The fourth-order valence-electron chi connectivity index (χ4n) is 2.04. The third-order valence-corrected chi connectivity index (χ3v) is 2.94. The molecule has 2 atom stereocenters. The Bertz CT molecular complexity index is 190. The van der Waals surface area contributed by atoms with Crippen LogP contribution in [0.3, 0.4) is 0 Å². The lowest BCUT2D eigenvalue weighted by Crippen LogP contribution is -2.37. The lowest BCUT2D eigenvalue weighted by Gasteiger charge is -2.19. The number of esters is 1. The largest absolute Gasteiger partial charge is 0.468 e. The smallest absolute Gasteiger partial charge is 0.322 e. The Kier molecular flexibility index (Phi) is 4.35. The predicted octanol–water partition coefficient (Wildman–Crippen LogP) is 0.428. The second-order valence-corrected chi connectivity index (χ2v) is 3.98. The number of carbonyl (C=O) groups is 1. The summed E-state index contributed by atoms with van der Waals surface area (Å²) in [7, 11) is 1.31. The van der Waals surface area contributed by atoms with Crippen LogP contribution in [0.1, 0.15) is 32.1 Å². The minimum atomic E-state index is -0.685. The molecule has 4 nitrogen and oxygen atoms in total. The number of rotatable bonds is 4. The van der Waals surface area contributed by atoms with Crippen molar-refractivity contribution >= 4 is 5.97 Å². The zero-order valence-electron chi connectivity index (χ0n) is 8.61. The van der Waals surface area contributed by atoms with E-state index in [0.717, 1.165) is 12.8 Å². The van der Waals surface area contributed by atoms with Gasteiger partial charge in [-0.2, -0.15) is 0 Å². The summed E-state index contributed by atoms with van der Waals surface area (Å²) in [6.45, 7) is 0. The zero-order valence-corrected chi connectivity index (χ0v) is 8.61. The van der Waals surface area contributed by atoms with Gasteiger partial charge in [-0.15, -0.1) is 0 Å². The third-order valence-electron chi connectivity index (χ3n) is 2.94. The van der Waals surface area contributed by atoms with Gasteiger partial charge in [-0.05, 0) is 25.2 Å². The Balaban J connectivity index is 2.31. The first-order valence-corrected chi connectivity index (χ1v) is 5.16. The van der Waals surface area contributed by atoms with E-state index in [1.807, 2.05) is 0 Å². The monoisotopic (exact) mass is 201 g/mol. The quantitative estimate of drug-likeness (QED) is 0.647. The highest BCUT2D eigenvalue weighted by atomic mass is 16.5. The van der Waals surface area contributed by atoms with Gasteiger partial charge in [-0.3, -0.25) is 4.79 Å². The molecule has 0 aliphatic heterocycles. The molecule has 3 N–H and O–H groups in total. The highest BCUT2D eigenvalue weighted by Gasteiger charge is 2.27. The van der Waals surface area contributed by atoms with Crippen molar-refractivity contribution in [2.75, 3.05) is 7.11 Å². The molecular formula is C10H19NO3. The number of aliphatic hydroxyl groups excluding tert-OH is 1. The first-order valence-electron chi connectivity index (χ1n) is 5.16. The van der Waals surface area contributed by atoms with E-state index in [0.29, 0.717) is 12.3 Å². The standard InChI is InChI=1S/C10H19NO3/c1-14-10(13)8(11)6-9(12)7-4-2-3-5-7/h7-9,12H,2-6,11H2,1H3. The minimum absolute atomic E-state index is 0.317. The van der Waals surface area contributed by atoms with Crippen LogP contribution in [-0.2, 0) is 9.53 Å². The molecule has 0 aromatic carbocycles. The van der Waals surface area contributed by atoms with Gasteiger partial charge in [0, 0.05) is 0 Å². The lowest BCUT2D eigenvalue weighted by atomic mass is 9.95. The Labute approximate surface area is 84.4 Å². The van der Waals surface area contributed by atoms with Gasteiger partial charge in [0.05, 0.1) is 13.2 Å². The Morgan fingerprint density at radius 3 is 2.64 bits per heavy atom. The molecule has 4 heteroatoms. The fourth-order valence-corrected chi connectivity index (χ4v) is 2.04. The highest BCUT2D eigenvalue weighted by Crippen LogP contribution is 2.29. The average molecular weight is 201 g/mol. The van der Waals surface area contributed by atoms with E-state index in [4.69, 9.17) is 5.73 Å². The maximum atomic E-state index is 11.0. The van der Waals surface area contributed by atoms with E-state index >= 15 is 0 Å². The minimum Gasteiger partial charge on any atom is -0.468 e. The van der Waals surface area contributed by atoms with Crippen molar-refractivity contribution in [1.82, 2.24) is 0 Å². The second-order valence-electron chi connectivity index (χ2n) is 3.98. The molecule has 0 aromatic rings. The molecule has 82 valence electrons. The second kappa shape index (κ2) is 5.32. The topological polar surface area (TPSA) is 72.5 Å². The van der Waals surface area contributed by atoms with Crippen LogP contribution in [0.2, 0.25) is 0 Å². The number of methoxy groups -OCH3 is 1. The molecule has 1 fully saturated rings. The SMILES string of the molecule is COC(=O)C(N)CC(O)C1CCCC1. The van der Waals surface area contributed by atoms with Crippen molar-refractivity contribution in [2.24, 2.45) is 11.7 Å². The van der Waals surface area contributed by atoms with Gasteiger partial charge >= 0.3 is 5.97 Å². The van der Waals surface area contributed by atoms with Crippen molar-refractivity contribution in [3.05, 3.63) is 0 Å². The first kappa shape index (κ1) is 11.5. The summed E-state index contributed by atoms with van der Waals surface area (Å²) in [5, 5.41) is 9.78. The van der Waals surface area contributed by atoms with E-state index in [1.54, 1.807) is 0 Å². The number of carbonyl (C=O) groups excluding carboxylic acids is 1. The summed E-state index contributed by atoms with van der Waals surface area (Å²) in [6.07, 6.45) is 4.32. The molecule has 0 amide bonds. The van der Waals surface area contributed by atoms with Crippen molar-refractivity contribution in [2.45, 2.75) is 44.2 Å². The van der Waals surface area contributed by atoms with Crippen molar-refractivity contribution in [1.29, 1.82) is 0 Å². The summed E-state index contributed by atoms with van der Waals surface area (Å²) < 4.78 is 4.50. The van der Waals surface area contributed by atoms with Crippen LogP contribution in [0, 0.1) is 5.92 Å². The van der Waals surface area contributed by atoms with Gasteiger partial charge in [-0.1, -0.05) is 12.8 Å². The number of hydrogen-bond donors (Lipinski definition) is 2. The van der Waals surface area contributed by atoms with E-state index < -0.39 is 18.1 Å². The van der Waals surface area contributed by atoms with Crippen LogP contribution < -0.4 is 5.73 Å². The molecule has 0 saturated heterocycles. The molecule has 0 aromatic heterocycles. The predicted molar refractivity (Wildman–Crippen MR) is 52.6 cm³/mol. The fraction of sp³-hybridized carbons (Fsp3) is 0.900. The van der Waals surface area contributed by atoms with Gasteiger partial charge in [-0.25, -0.2) is 0 Å². The maximum Gasteiger partial charge on any atom is 0.322 e. The van der Waals surface area contributed by atoms with Crippen LogP contribution in [0.4, 0.5) is 0 Å². The summed E-state index contributed by atoms with van der Waals surface area (Å²) >= 11 is 0. The Morgan fingerprint density at radius 2 is 2.14 bits per heavy atom. The molecule has 0 bridgehead atoms. The summed E-state index contributed by atoms with van der Waals surface area (Å²) in [6, 6.07) is -0.685. The molecule has 1 rings (SSSR count). The van der Waals surface area contributed by atoms with E-state index in [2.05, 4.69) is 4.74 Å². The van der Waals surface area contributed by atoms with Crippen LogP contribution in [0.25, 0.3) is 0 Å². The van der Waals surface area contributed by atoms with Gasteiger partial charge in [0.15, 0.2) is 0 Å². The molecule has 1 aliphatic rings. The van der Waals surface area contributed by atoms with Crippen LogP contribution >= 0.6 is 0 Å². The molecule has 0 radical (unpaired) electrons. The van der Waals surface area contributed by atoms with Crippen molar-refractivity contribution in [3.8, 4) is 0 Å². The van der Waals surface area contributed by atoms with Gasteiger partial charge in [0.2, 0.25) is 0 Å². The summed E-state index contributed by atoms with van der Waals surface area (Å²) in [5.74, 6) is -0.118. The maximum absolute atomic E-state index is 11.0. The van der Waals surface area contributed by atoms with Crippen molar-refractivity contribution in [3.63, 3.8) is 0 Å².